The number of nitrogens with one attached hydrogen (secondary N) is 2. The molecule has 0 heterocycles. The Labute approximate surface area is 205 Å². The Balaban J connectivity index is 1.58. The molecule has 2 amide bonds. The van der Waals surface area contributed by atoms with E-state index in [0.29, 0.717) is 28.7 Å². The molecule has 1 fully saturated rings. The number of hydrogen-bond donors (Lipinski definition) is 2. The van der Waals surface area contributed by atoms with Crippen molar-refractivity contribution in [2.75, 3.05) is 33.6 Å². The van der Waals surface area contributed by atoms with Crippen molar-refractivity contribution in [1.29, 1.82) is 0 Å². The van der Waals surface area contributed by atoms with E-state index in [2.05, 4.69) is 10.6 Å². The number of carbonyl (C=O) groups excluding carboxylic acids is 2. The van der Waals surface area contributed by atoms with Crippen molar-refractivity contribution in [2.45, 2.75) is 43.5 Å². The predicted molar refractivity (Wildman–Crippen MR) is 134 cm³/mol. The zero-order chi connectivity index (χ0) is 24.3. The molecule has 0 aliphatic heterocycles. The molecule has 3 rings (SSSR count). The molecule has 2 N–H and O–H groups in total. The summed E-state index contributed by atoms with van der Waals surface area (Å²) in [7, 11) is 4.69. The zero-order valence-corrected chi connectivity index (χ0v) is 21.0. The minimum atomic E-state index is -0.220. The lowest BCUT2D eigenvalue weighted by Gasteiger charge is -2.21. The SMILES string of the molecule is COc1cc(OC)c(OC)cc1CNC(=O)c1ccccc1SCC(=O)NCC1CCCCC1. The molecule has 0 unspecified atom stereocenters. The minimum absolute atomic E-state index is 0.000786. The number of benzene rings is 2. The second-order valence-electron chi connectivity index (χ2n) is 8.29. The first kappa shape index (κ1) is 25.7. The quantitative estimate of drug-likeness (QED) is 0.457. The molecule has 34 heavy (non-hydrogen) atoms. The van der Waals surface area contributed by atoms with E-state index in [0.717, 1.165) is 17.0 Å². The van der Waals surface area contributed by atoms with Gasteiger partial charge in [0.2, 0.25) is 5.91 Å². The lowest BCUT2D eigenvalue weighted by molar-refractivity contribution is -0.118. The van der Waals surface area contributed by atoms with Crippen LogP contribution >= 0.6 is 11.8 Å². The molecule has 8 heteroatoms. The topological polar surface area (TPSA) is 85.9 Å². The van der Waals surface area contributed by atoms with Crippen molar-refractivity contribution in [3.8, 4) is 17.2 Å². The van der Waals surface area contributed by atoms with Gasteiger partial charge in [-0.15, -0.1) is 11.8 Å². The normalized spacial score (nSPS) is 13.7. The second kappa shape index (κ2) is 13.1. The first-order valence-corrected chi connectivity index (χ1v) is 12.6. The summed E-state index contributed by atoms with van der Waals surface area (Å²) in [4.78, 5) is 26.1. The third-order valence-corrected chi connectivity index (χ3v) is 7.10. The smallest absolute Gasteiger partial charge is 0.252 e. The molecule has 2 aromatic rings. The Hall–Kier alpha value is -2.87. The van der Waals surface area contributed by atoms with Crippen molar-refractivity contribution in [1.82, 2.24) is 10.6 Å². The summed E-state index contributed by atoms with van der Waals surface area (Å²) in [6, 6.07) is 10.8. The predicted octanol–water partition coefficient (Wildman–Crippen LogP) is 4.43. The van der Waals surface area contributed by atoms with E-state index in [9.17, 15) is 9.59 Å². The van der Waals surface area contributed by atoms with E-state index in [1.165, 1.54) is 43.9 Å². The van der Waals surface area contributed by atoms with Crippen LogP contribution < -0.4 is 24.8 Å². The fourth-order valence-electron chi connectivity index (χ4n) is 4.13. The van der Waals surface area contributed by atoms with Crippen LogP contribution in [0.15, 0.2) is 41.3 Å². The van der Waals surface area contributed by atoms with Crippen molar-refractivity contribution in [3.63, 3.8) is 0 Å². The van der Waals surface area contributed by atoms with E-state index in [1.807, 2.05) is 18.2 Å². The van der Waals surface area contributed by atoms with Gasteiger partial charge in [-0.25, -0.2) is 0 Å². The van der Waals surface area contributed by atoms with Crippen LogP contribution in [0, 0.1) is 5.92 Å². The summed E-state index contributed by atoms with van der Waals surface area (Å²) >= 11 is 1.38. The van der Waals surface area contributed by atoms with Crippen molar-refractivity contribution in [2.24, 2.45) is 5.92 Å². The summed E-state index contributed by atoms with van der Waals surface area (Å²) < 4.78 is 16.1. The summed E-state index contributed by atoms with van der Waals surface area (Å²) in [5.74, 6) is 2.36. The van der Waals surface area contributed by atoms with Crippen LogP contribution in [0.1, 0.15) is 48.0 Å². The van der Waals surface area contributed by atoms with E-state index < -0.39 is 0 Å². The summed E-state index contributed by atoms with van der Waals surface area (Å²) in [6.07, 6.45) is 6.21. The highest BCUT2D eigenvalue weighted by Gasteiger charge is 2.17. The Kier molecular flexibility index (Phi) is 9.94. The van der Waals surface area contributed by atoms with Gasteiger partial charge >= 0.3 is 0 Å². The highest BCUT2D eigenvalue weighted by molar-refractivity contribution is 8.00. The van der Waals surface area contributed by atoms with Crippen LogP contribution in [-0.4, -0.2) is 45.4 Å². The van der Waals surface area contributed by atoms with Crippen LogP contribution in [0.5, 0.6) is 17.2 Å². The summed E-state index contributed by atoms with van der Waals surface area (Å²) in [5, 5.41) is 6.00. The monoisotopic (exact) mass is 486 g/mol. The average molecular weight is 487 g/mol. The first-order chi connectivity index (χ1) is 16.5. The lowest BCUT2D eigenvalue weighted by atomic mass is 9.89. The van der Waals surface area contributed by atoms with Gasteiger partial charge in [-0.3, -0.25) is 9.59 Å². The first-order valence-electron chi connectivity index (χ1n) is 11.6. The molecule has 0 atom stereocenters. The van der Waals surface area contributed by atoms with Gasteiger partial charge in [0, 0.05) is 29.6 Å². The Morgan fingerprint density at radius 1 is 0.912 bits per heavy atom. The maximum atomic E-state index is 13.0. The fraction of sp³-hybridized carbons (Fsp3) is 0.462. The lowest BCUT2D eigenvalue weighted by Crippen LogP contribution is -2.31. The molecule has 0 radical (unpaired) electrons. The van der Waals surface area contributed by atoms with Crippen LogP contribution in [0.25, 0.3) is 0 Å². The molecular formula is C26H34N2O5S. The molecule has 2 aromatic carbocycles. The number of ether oxygens (including phenoxy) is 3. The maximum Gasteiger partial charge on any atom is 0.252 e. The fourth-order valence-corrected chi connectivity index (χ4v) is 5.00. The van der Waals surface area contributed by atoms with Crippen molar-refractivity contribution < 1.29 is 23.8 Å². The molecule has 184 valence electrons. The van der Waals surface area contributed by atoms with E-state index in [4.69, 9.17) is 14.2 Å². The van der Waals surface area contributed by atoms with Gasteiger partial charge in [0.25, 0.3) is 5.91 Å². The van der Waals surface area contributed by atoms with Crippen LogP contribution in [0.4, 0.5) is 0 Å². The number of methoxy groups -OCH3 is 3. The van der Waals surface area contributed by atoms with Gasteiger partial charge in [0.1, 0.15) is 5.75 Å². The average Bonchev–Trinajstić information content (AvgIpc) is 2.89. The number of carbonyl (C=O) groups is 2. The Morgan fingerprint density at radius 2 is 1.59 bits per heavy atom. The van der Waals surface area contributed by atoms with Gasteiger partial charge in [0.15, 0.2) is 11.5 Å². The molecule has 0 spiro atoms. The molecule has 7 nitrogen and oxygen atoms in total. The summed E-state index contributed by atoms with van der Waals surface area (Å²) in [6.45, 7) is 0.998. The summed E-state index contributed by atoms with van der Waals surface area (Å²) in [5.41, 5.74) is 1.30. The van der Waals surface area contributed by atoms with Crippen molar-refractivity contribution >= 4 is 23.6 Å². The molecule has 0 saturated heterocycles. The number of hydrogen-bond acceptors (Lipinski definition) is 6. The molecule has 0 aromatic heterocycles. The van der Waals surface area contributed by atoms with Crippen LogP contribution in [-0.2, 0) is 11.3 Å². The van der Waals surface area contributed by atoms with Gasteiger partial charge < -0.3 is 24.8 Å². The molecule has 0 bridgehead atoms. The molecule has 1 aliphatic rings. The molecule has 1 saturated carbocycles. The maximum absolute atomic E-state index is 13.0. The third kappa shape index (κ3) is 7.06. The van der Waals surface area contributed by atoms with E-state index in [-0.39, 0.29) is 24.1 Å². The van der Waals surface area contributed by atoms with E-state index in [1.54, 1.807) is 39.5 Å². The van der Waals surface area contributed by atoms with Crippen molar-refractivity contribution in [3.05, 3.63) is 47.5 Å². The Morgan fingerprint density at radius 3 is 2.29 bits per heavy atom. The molecular weight excluding hydrogens is 452 g/mol. The molecule has 1 aliphatic carbocycles. The standard InChI is InChI=1S/C26H34N2O5S/c1-31-21-14-23(33-3)22(32-2)13-19(21)16-28-26(30)20-11-7-8-12-24(20)34-17-25(29)27-15-18-9-5-4-6-10-18/h7-8,11-14,18H,4-6,9-10,15-17H2,1-3H3,(H,27,29)(H,28,30). The van der Waals surface area contributed by atoms with Crippen LogP contribution in [0.2, 0.25) is 0 Å². The number of thioether (sulfide) groups is 1. The number of amides is 2. The largest absolute Gasteiger partial charge is 0.496 e. The van der Waals surface area contributed by atoms with E-state index >= 15 is 0 Å². The third-order valence-electron chi connectivity index (χ3n) is 6.03. The second-order valence-corrected chi connectivity index (χ2v) is 9.31. The highest BCUT2D eigenvalue weighted by Crippen LogP contribution is 2.34. The van der Waals surface area contributed by atoms with Gasteiger partial charge in [-0.2, -0.15) is 0 Å². The van der Waals surface area contributed by atoms with Crippen LogP contribution in [0.3, 0.4) is 0 Å². The van der Waals surface area contributed by atoms with Gasteiger partial charge in [0.05, 0.1) is 32.6 Å². The highest BCUT2D eigenvalue weighted by atomic mass is 32.2. The minimum Gasteiger partial charge on any atom is -0.496 e. The number of rotatable bonds is 11. The zero-order valence-electron chi connectivity index (χ0n) is 20.1. The van der Waals surface area contributed by atoms with Gasteiger partial charge in [-0.05, 0) is 37.0 Å². The Bertz CT molecular complexity index is 976. The van der Waals surface area contributed by atoms with Gasteiger partial charge in [-0.1, -0.05) is 31.4 Å².